The van der Waals surface area contributed by atoms with E-state index in [9.17, 15) is 13.2 Å². The summed E-state index contributed by atoms with van der Waals surface area (Å²) in [6.07, 6.45) is -0.632. The zero-order chi connectivity index (χ0) is 22.0. The van der Waals surface area contributed by atoms with E-state index in [0.29, 0.717) is 5.69 Å². The number of nitrogens with zero attached hydrogens (tertiary/aromatic N) is 2. The van der Waals surface area contributed by atoms with Crippen molar-refractivity contribution in [1.29, 1.82) is 0 Å². The normalized spacial score (nSPS) is 14.6. The van der Waals surface area contributed by atoms with Gasteiger partial charge in [-0.3, -0.25) is 10.1 Å². The maximum absolute atomic E-state index is 12.8. The van der Waals surface area contributed by atoms with Crippen LogP contribution in [0.4, 0.5) is 13.2 Å². The first-order valence-corrected chi connectivity index (χ1v) is 11.7. The van der Waals surface area contributed by atoms with Gasteiger partial charge in [-0.05, 0) is 61.2 Å². The monoisotopic (exact) mass is 459 g/mol. The van der Waals surface area contributed by atoms with E-state index in [1.54, 1.807) is 23.6 Å². The fourth-order valence-electron chi connectivity index (χ4n) is 4.54. The van der Waals surface area contributed by atoms with Crippen LogP contribution in [0.2, 0.25) is 0 Å². The second-order valence-corrected chi connectivity index (χ2v) is 10.1. The van der Waals surface area contributed by atoms with E-state index >= 15 is 0 Å². The SMILES string of the molecule is CCC1(CC)c2cc(C)sc2-c2sc(-c3ccc(-c4cc(C(F)(F)F)[nH]n4)nc3)cc21. The Hall–Kier alpha value is -2.45. The highest BCUT2D eigenvalue weighted by Crippen LogP contribution is 2.59. The van der Waals surface area contributed by atoms with Crippen LogP contribution in [-0.2, 0) is 11.6 Å². The van der Waals surface area contributed by atoms with Crippen molar-refractivity contribution in [1.82, 2.24) is 15.2 Å². The van der Waals surface area contributed by atoms with Gasteiger partial charge in [0, 0.05) is 36.7 Å². The number of alkyl halides is 3. The standard InChI is InChI=1S/C23H20F3N3S2/c1-4-22(5-2)14-8-12(3)30-20(14)21-15(22)9-18(31-21)13-6-7-16(27-11-13)17-10-19(29-28-17)23(24,25)26/h6-11H,4-5H2,1-3H3,(H,28,29). The highest BCUT2D eigenvalue weighted by atomic mass is 32.1. The molecule has 1 aliphatic rings. The lowest BCUT2D eigenvalue weighted by molar-refractivity contribution is -0.141. The van der Waals surface area contributed by atoms with Crippen LogP contribution in [0, 0.1) is 6.92 Å². The van der Waals surface area contributed by atoms with Crippen LogP contribution in [0.3, 0.4) is 0 Å². The van der Waals surface area contributed by atoms with Crippen molar-refractivity contribution in [2.45, 2.75) is 45.2 Å². The van der Waals surface area contributed by atoms with Crippen LogP contribution in [0.15, 0.2) is 36.5 Å². The van der Waals surface area contributed by atoms with Crippen molar-refractivity contribution in [3.63, 3.8) is 0 Å². The minimum Gasteiger partial charge on any atom is -0.273 e. The van der Waals surface area contributed by atoms with Gasteiger partial charge < -0.3 is 0 Å². The predicted molar refractivity (Wildman–Crippen MR) is 120 cm³/mol. The number of hydrogen-bond donors (Lipinski definition) is 1. The molecule has 4 heterocycles. The van der Waals surface area contributed by atoms with Gasteiger partial charge in [0.2, 0.25) is 0 Å². The van der Waals surface area contributed by atoms with E-state index in [1.807, 2.05) is 22.5 Å². The number of pyridine rings is 1. The van der Waals surface area contributed by atoms with Gasteiger partial charge in [-0.25, -0.2) is 0 Å². The van der Waals surface area contributed by atoms with E-state index < -0.39 is 11.9 Å². The number of rotatable bonds is 4. The van der Waals surface area contributed by atoms with Crippen LogP contribution in [0.1, 0.15) is 48.4 Å². The smallest absolute Gasteiger partial charge is 0.273 e. The first kappa shape index (κ1) is 20.5. The van der Waals surface area contributed by atoms with E-state index in [4.69, 9.17) is 0 Å². The summed E-state index contributed by atoms with van der Waals surface area (Å²) in [4.78, 5) is 9.58. The third-order valence-electron chi connectivity index (χ3n) is 6.23. The maximum Gasteiger partial charge on any atom is 0.432 e. The van der Waals surface area contributed by atoms with Crippen LogP contribution in [-0.4, -0.2) is 15.2 Å². The fourth-order valence-corrected chi connectivity index (χ4v) is 7.06. The first-order chi connectivity index (χ1) is 14.8. The molecule has 0 fully saturated rings. The Morgan fingerprint density at radius 1 is 0.968 bits per heavy atom. The molecule has 0 unspecified atom stereocenters. The summed E-state index contributed by atoms with van der Waals surface area (Å²) in [5.41, 5.74) is 3.59. The molecule has 1 N–H and O–H groups in total. The third-order valence-corrected chi connectivity index (χ3v) is 8.62. The minimum absolute atomic E-state index is 0.0561. The number of aryl methyl sites for hydroxylation is 1. The molecule has 4 aromatic heterocycles. The Morgan fingerprint density at radius 3 is 2.29 bits per heavy atom. The van der Waals surface area contributed by atoms with Gasteiger partial charge in [-0.15, -0.1) is 22.7 Å². The zero-order valence-corrected chi connectivity index (χ0v) is 18.9. The number of aromatic nitrogens is 3. The second kappa shape index (κ2) is 7.03. The van der Waals surface area contributed by atoms with Crippen molar-refractivity contribution in [2.24, 2.45) is 0 Å². The maximum atomic E-state index is 12.8. The molecule has 0 amide bonds. The summed E-state index contributed by atoms with van der Waals surface area (Å²) in [6, 6.07) is 9.24. The molecule has 0 atom stereocenters. The summed E-state index contributed by atoms with van der Waals surface area (Å²) in [6.45, 7) is 6.67. The number of H-pyrrole nitrogens is 1. The van der Waals surface area contributed by atoms with Crippen LogP contribution in [0.5, 0.6) is 0 Å². The Balaban J connectivity index is 1.52. The topological polar surface area (TPSA) is 41.6 Å². The molecule has 5 rings (SSSR count). The summed E-state index contributed by atoms with van der Waals surface area (Å²) < 4.78 is 38.5. The highest BCUT2D eigenvalue weighted by molar-refractivity contribution is 7.24. The highest BCUT2D eigenvalue weighted by Gasteiger charge is 2.43. The van der Waals surface area contributed by atoms with Crippen molar-refractivity contribution in [3.05, 3.63) is 58.2 Å². The molecule has 3 nitrogen and oxygen atoms in total. The van der Waals surface area contributed by atoms with Gasteiger partial charge in [0.15, 0.2) is 0 Å². The number of nitrogens with one attached hydrogen (secondary N) is 1. The lowest BCUT2D eigenvalue weighted by atomic mass is 9.75. The molecule has 0 aliphatic heterocycles. The Kier molecular flexibility index (Phi) is 4.64. The van der Waals surface area contributed by atoms with Gasteiger partial charge in [-0.1, -0.05) is 13.8 Å². The molecular formula is C23H20F3N3S2. The number of halogens is 3. The van der Waals surface area contributed by atoms with Crippen molar-refractivity contribution in [2.75, 3.05) is 0 Å². The number of thiophene rings is 2. The quantitative estimate of drug-likeness (QED) is 0.340. The van der Waals surface area contributed by atoms with Crippen LogP contribution < -0.4 is 0 Å². The van der Waals surface area contributed by atoms with Gasteiger partial charge in [0.1, 0.15) is 11.4 Å². The Morgan fingerprint density at radius 2 is 1.68 bits per heavy atom. The lowest BCUT2D eigenvalue weighted by Crippen LogP contribution is -2.22. The van der Waals surface area contributed by atoms with Crippen molar-refractivity contribution in [3.8, 4) is 31.6 Å². The van der Waals surface area contributed by atoms with Crippen LogP contribution in [0.25, 0.3) is 31.6 Å². The number of fused-ring (bicyclic) bond motifs is 3. The molecule has 8 heteroatoms. The Labute approximate surface area is 186 Å². The predicted octanol–water partition coefficient (Wildman–Crippen LogP) is 7.68. The second-order valence-electron chi connectivity index (χ2n) is 7.84. The molecule has 0 aromatic carbocycles. The summed E-state index contributed by atoms with van der Waals surface area (Å²) in [7, 11) is 0. The zero-order valence-electron chi connectivity index (χ0n) is 17.2. The van der Waals surface area contributed by atoms with E-state index in [-0.39, 0.29) is 11.1 Å². The molecule has 0 bridgehead atoms. The molecule has 160 valence electrons. The molecule has 31 heavy (non-hydrogen) atoms. The molecule has 1 aliphatic carbocycles. The average Bonchev–Trinajstić information content (AvgIpc) is 3.49. The summed E-state index contributed by atoms with van der Waals surface area (Å²) >= 11 is 3.63. The van der Waals surface area contributed by atoms with E-state index in [1.165, 1.54) is 25.8 Å². The molecule has 4 aromatic rings. The van der Waals surface area contributed by atoms with Crippen LogP contribution >= 0.6 is 22.7 Å². The number of aromatic amines is 1. The molecular weight excluding hydrogens is 439 g/mol. The number of hydrogen-bond acceptors (Lipinski definition) is 4. The van der Waals surface area contributed by atoms with Crippen molar-refractivity contribution < 1.29 is 13.2 Å². The third kappa shape index (κ3) is 3.07. The van der Waals surface area contributed by atoms with Gasteiger partial charge in [-0.2, -0.15) is 18.3 Å². The van der Waals surface area contributed by atoms with Gasteiger partial charge in [0.25, 0.3) is 0 Å². The molecule has 0 saturated carbocycles. The fraction of sp³-hybridized carbons (Fsp3) is 0.304. The van der Waals surface area contributed by atoms with Crippen molar-refractivity contribution >= 4 is 22.7 Å². The average molecular weight is 460 g/mol. The molecule has 0 spiro atoms. The van der Waals surface area contributed by atoms with Gasteiger partial charge in [0.05, 0.1) is 5.69 Å². The molecule has 0 saturated heterocycles. The largest absolute Gasteiger partial charge is 0.432 e. The summed E-state index contributed by atoms with van der Waals surface area (Å²) in [5, 5.41) is 5.80. The summed E-state index contributed by atoms with van der Waals surface area (Å²) in [5.74, 6) is 0. The van der Waals surface area contributed by atoms with E-state index in [0.717, 1.165) is 29.3 Å². The first-order valence-electron chi connectivity index (χ1n) is 10.1. The van der Waals surface area contributed by atoms with E-state index in [2.05, 4.69) is 43.0 Å². The molecule has 0 radical (unpaired) electrons. The minimum atomic E-state index is -4.45. The Bertz CT molecular complexity index is 1260. The lowest BCUT2D eigenvalue weighted by Gasteiger charge is -2.28. The van der Waals surface area contributed by atoms with Gasteiger partial charge >= 0.3 is 6.18 Å².